The van der Waals surface area contributed by atoms with Crippen LogP contribution >= 0.6 is 11.3 Å². The maximum Gasteiger partial charge on any atom is 0.253 e. The van der Waals surface area contributed by atoms with Gasteiger partial charge in [-0.1, -0.05) is 46.6 Å². The normalized spacial score (nSPS) is 15.9. The number of benzene rings is 1. The summed E-state index contributed by atoms with van der Waals surface area (Å²) in [6.07, 6.45) is 8.13. The number of hydrogen-bond donors (Lipinski definition) is 2. The largest absolute Gasteiger partial charge is 0.356 e. The summed E-state index contributed by atoms with van der Waals surface area (Å²) >= 11 is 1.64. The number of nitrogens with zero attached hydrogens (tertiary/aromatic N) is 1. The van der Waals surface area contributed by atoms with Crippen molar-refractivity contribution in [1.29, 1.82) is 0 Å². The number of hydrogen-bond acceptors (Lipinski definition) is 4. The zero-order valence-corrected chi connectivity index (χ0v) is 25.0. The molecule has 0 radical (unpaired) electrons. The molecule has 1 aliphatic rings. The van der Waals surface area contributed by atoms with Crippen LogP contribution in [0.15, 0.2) is 41.1 Å². The molecule has 2 N–H and O–H groups in total. The van der Waals surface area contributed by atoms with Gasteiger partial charge in [-0.15, -0.1) is 0 Å². The molecule has 2 aromatic rings. The second kappa shape index (κ2) is 15.8. The first-order valence-electron chi connectivity index (χ1n) is 14.8. The van der Waals surface area contributed by atoms with Gasteiger partial charge in [-0.05, 0) is 90.9 Å². The van der Waals surface area contributed by atoms with Gasteiger partial charge in [0, 0.05) is 42.7 Å². The maximum absolute atomic E-state index is 13.4. The van der Waals surface area contributed by atoms with Crippen LogP contribution in [0.4, 0.5) is 0 Å². The van der Waals surface area contributed by atoms with E-state index in [-0.39, 0.29) is 35.6 Å². The number of carbonyl (C=O) groups is 3. The Bertz CT molecular complexity index is 1040. The lowest BCUT2D eigenvalue weighted by Gasteiger charge is -2.27. The van der Waals surface area contributed by atoms with Crippen molar-refractivity contribution in [1.82, 2.24) is 15.5 Å². The van der Waals surface area contributed by atoms with Crippen molar-refractivity contribution in [3.8, 4) is 0 Å². The van der Waals surface area contributed by atoms with Crippen LogP contribution in [0.25, 0.3) is 0 Å². The highest BCUT2D eigenvalue weighted by Gasteiger charge is 2.26. The van der Waals surface area contributed by atoms with E-state index < -0.39 is 0 Å². The fourth-order valence-electron chi connectivity index (χ4n) is 5.60. The van der Waals surface area contributed by atoms with E-state index in [9.17, 15) is 14.4 Å². The molecule has 0 spiro atoms. The Hall–Kier alpha value is -2.67. The third kappa shape index (κ3) is 9.48. The lowest BCUT2D eigenvalue weighted by atomic mass is 9.87. The second-order valence-corrected chi connectivity index (χ2v) is 12.1. The Morgan fingerprint density at radius 3 is 2.36 bits per heavy atom. The molecule has 0 bridgehead atoms. The second-order valence-electron chi connectivity index (χ2n) is 11.3. The highest BCUT2D eigenvalue weighted by Crippen LogP contribution is 2.25. The minimum atomic E-state index is -0.187. The minimum Gasteiger partial charge on any atom is -0.356 e. The summed E-state index contributed by atoms with van der Waals surface area (Å²) in [6, 6.07) is 9.00. The van der Waals surface area contributed by atoms with E-state index in [4.69, 9.17) is 0 Å². The standard InChI is InChI=1S/C32H47N3O3S/c1-5-15-35(16-6-2)32(38)28-13-9-12-27(20-28)31(37)34-29(19-26-14-17-39-22-26)23(3)18-24(4)30(36)33-21-25-10-7-8-11-25/h9,12-14,17,20,22-25,29H,5-8,10-11,15-16,18-19,21H2,1-4H3,(H,33,36)(H,34,37)/t23?,24-,29+/m1/s1. The summed E-state index contributed by atoms with van der Waals surface area (Å²) in [5, 5.41) is 10.6. The molecular weight excluding hydrogens is 506 g/mol. The molecular formula is C32H47N3O3S. The first-order chi connectivity index (χ1) is 18.8. The molecule has 1 aromatic heterocycles. The predicted molar refractivity (Wildman–Crippen MR) is 160 cm³/mol. The van der Waals surface area contributed by atoms with E-state index in [2.05, 4.69) is 42.9 Å². The maximum atomic E-state index is 13.4. The molecule has 214 valence electrons. The smallest absolute Gasteiger partial charge is 0.253 e. The van der Waals surface area contributed by atoms with Crippen LogP contribution in [0, 0.1) is 17.8 Å². The van der Waals surface area contributed by atoms with Crippen molar-refractivity contribution in [2.45, 2.75) is 85.1 Å². The topological polar surface area (TPSA) is 78.5 Å². The van der Waals surface area contributed by atoms with Crippen LogP contribution in [0.5, 0.6) is 0 Å². The fraction of sp³-hybridized carbons (Fsp3) is 0.594. The van der Waals surface area contributed by atoms with Crippen LogP contribution in [0.3, 0.4) is 0 Å². The van der Waals surface area contributed by atoms with Gasteiger partial charge in [0.15, 0.2) is 0 Å². The molecule has 0 saturated heterocycles. The van der Waals surface area contributed by atoms with Crippen LogP contribution in [-0.4, -0.2) is 48.3 Å². The monoisotopic (exact) mass is 553 g/mol. The van der Waals surface area contributed by atoms with E-state index in [1.54, 1.807) is 35.6 Å². The van der Waals surface area contributed by atoms with Crippen molar-refractivity contribution >= 4 is 29.1 Å². The molecule has 1 heterocycles. The Morgan fingerprint density at radius 1 is 1.03 bits per heavy atom. The first-order valence-corrected chi connectivity index (χ1v) is 15.8. The van der Waals surface area contributed by atoms with E-state index in [1.807, 2.05) is 17.2 Å². The minimum absolute atomic E-state index is 0.0333. The van der Waals surface area contributed by atoms with Gasteiger partial charge in [-0.2, -0.15) is 11.3 Å². The van der Waals surface area contributed by atoms with Crippen LogP contribution in [-0.2, 0) is 11.2 Å². The van der Waals surface area contributed by atoms with Gasteiger partial charge in [0.25, 0.3) is 11.8 Å². The van der Waals surface area contributed by atoms with E-state index in [1.165, 1.54) is 31.2 Å². The molecule has 1 unspecified atom stereocenters. The summed E-state index contributed by atoms with van der Waals surface area (Å²) in [6.45, 7) is 10.4. The molecule has 3 rings (SSSR count). The molecule has 1 aromatic carbocycles. The van der Waals surface area contributed by atoms with Crippen molar-refractivity contribution in [3.63, 3.8) is 0 Å². The lowest BCUT2D eigenvalue weighted by molar-refractivity contribution is -0.125. The first kappa shape index (κ1) is 30.9. The third-order valence-corrected chi connectivity index (χ3v) is 8.63. The number of rotatable bonds is 15. The van der Waals surface area contributed by atoms with Gasteiger partial charge >= 0.3 is 0 Å². The summed E-state index contributed by atoms with van der Waals surface area (Å²) in [4.78, 5) is 41.3. The summed E-state index contributed by atoms with van der Waals surface area (Å²) in [5.41, 5.74) is 2.20. The zero-order valence-electron chi connectivity index (χ0n) is 24.2. The highest BCUT2D eigenvalue weighted by atomic mass is 32.1. The van der Waals surface area contributed by atoms with E-state index in [0.29, 0.717) is 43.0 Å². The highest BCUT2D eigenvalue weighted by molar-refractivity contribution is 7.07. The molecule has 39 heavy (non-hydrogen) atoms. The zero-order chi connectivity index (χ0) is 28.2. The Labute approximate surface area is 238 Å². The molecule has 6 nitrogen and oxygen atoms in total. The van der Waals surface area contributed by atoms with Crippen LogP contribution in [0.2, 0.25) is 0 Å². The van der Waals surface area contributed by atoms with Crippen LogP contribution < -0.4 is 10.6 Å². The quantitative estimate of drug-likeness (QED) is 0.271. The molecule has 1 fully saturated rings. The Kier molecular flexibility index (Phi) is 12.5. The number of nitrogens with one attached hydrogen (secondary N) is 2. The number of carbonyl (C=O) groups excluding carboxylic acids is 3. The van der Waals surface area contributed by atoms with Gasteiger partial charge in [-0.25, -0.2) is 0 Å². The number of thiophene rings is 1. The van der Waals surface area contributed by atoms with Crippen molar-refractivity contribution in [2.24, 2.45) is 17.8 Å². The fourth-order valence-corrected chi connectivity index (χ4v) is 6.28. The van der Waals surface area contributed by atoms with Crippen LogP contribution in [0.1, 0.15) is 98.9 Å². The van der Waals surface area contributed by atoms with Gasteiger partial charge in [-0.3, -0.25) is 14.4 Å². The molecule has 7 heteroatoms. The average Bonchev–Trinajstić information content (AvgIpc) is 3.65. The van der Waals surface area contributed by atoms with E-state index >= 15 is 0 Å². The Balaban J connectivity index is 1.67. The summed E-state index contributed by atoms with van der Waals surface area (Å²) in [5.74, 6) is 0.455. The molecule has 1 saturated carbocycles. The van der Waals surface area contributed by atoms with Gasteiger partial charge < -0.3 is 15.5 Å². The lowest BCUT2D eigenvalue weighted by Crippen LogP contribution is -2.43. The van der Waals surface area contributed by atoms with Crippen molar-refractivity contribution in [2.75, 3.05) is 19.6 Å². The Morgan fingerprint density at radius 2 is 1.72 bits per heavy atom. The van der Waals surface area contributed by atoms with E-state index in [0.717, 1.165) is 19.4 Å². The van der Waals surface area contributed by atoms with Gasteiger partial charge in [0.05, 0.1) is 0 Å². The number of amides is 3. The average molecular weight is 554 g/mol. The molecule has 1 aliphatic carbocycles. The van der Waals surface area contributed by atoms with Crippen molar-refractivity contribution in [3.05, 3.63) is 57.8 Å². The molecule has 0 aliphatic heterocycles. The SMILES string of the molecule is CCCN(CCC)C(=O)c1cccc(C(=O)N[C@@H](Cc2ccsc2)C(C)C[C@@H](C)C(=O)NCC2CCCC2)c1. The molecule has 3 atom stereocenters. The summed E-state index contributed by atoms with van der Waals surface area (Å²) in [7, 11) is 0. The van der Waals surface area contributed by atoms with Gasteiger partial charge in [0.2, 0.25) is 5.91 Å². The van der Waals surface area contributed by atoms with Gasteiger partial charge in [0.1, 0.15) is 0 Å². The molecule has 3 amide bonds. The third-order valence-electron chi connectivity index (χ3n) is 7.90. The van der Waals surface area contributed by atoms with Crippen molar-refractivity contribution < 1.29 is 14.4 Å². The predicted octanol–water partition coefficient (Wildman–Crippen LogP) is 6.32. The summed E-state index contributed by atoms with van der Waals surface area (Å²) < 4.78 is 0.